The molecule has 0 aliphatic carbocycles. The Kier molecular flexibility index (Phi) is 64.6. The first-order chi connectivity index (χ1) is 38.0. The van der Waals surface area contributed by atoms with Crippen molar-refractivity contribution < 1.29 is 28.6 Å². The van der Waals surface area contributed by atoms with Gasteiger partial charge in [-0.25, -0.2) is 0 Å². The second-order valence-corrected chi connectivity index (χ2v) is 23.8. The van der Waals surface area contributed by atoms with Crippen LogP contribution < -0.4 is 0 Å². The Bertz CT molecular complexity index is 1240. The van der Waals surface area contributed by atoms with E-state index in [4.69, 9.17) is 14.2 Å². The number of rotatable bonds is 65. The van der Waals surface area contributed by atoms with Crippen molar-refractivity contribution in [2.45, 2.75) is 399 Å². The molecule has 1 atom stereocenters. The lowest BCUT2D eigenvalue weighted by Gasteiger charge is -2.18. The number of hydrogen-bond donors (Lipinski definition) is 0. The van der Waals surface area contributed by atoms with Gasteiger partial charge in [-0.3, -0.25) is 14.4 Å². The second-order valence-electron chi connectivity index (χ2n) is 23.8. The molecule has 0 N–H and O–H groups in total. The Morgan fingerprint density at radius 1 is 0.247 bits per heavy atom. The molecular weight excluding hydrogens is 949 g/mol. The lowest BCUT2D eigenvalue weighted by molar-refractivity contribution is -0.167. The van der Waals surface area contributed by atoms with Crippen LogP contribution in [0.5, 0.6) is 0 Å². The van der Waals surface area contributed by atoms with Crippen molar-refractivity contribution in [2.24, 2.45) is 0 Å². The standard InChI is InChI=1S/C71H134O6/c1-4-7-10-13-16-19-22-25-27-29-30-31-32-33-34-35-36-37-38-39-40-42-43-46-49-52-55-58-61-64-70(73)76-67-68(66-75-69(72)63-60-57-54-51-48-45-24-21-18-15-12-9-6-3)77-71(74)65-62-59-56-53-50-47-44-41-28-26-23-20-17-14-11-8-5-2/h21,24,29-30,68H,4-20,22-23,25-28,31-67H2,1-3H3/b24-21-,30-29-. The maximum Gasteiger partial charge on any atom is 0.306 e. The lowest BCUT2D eigenvalue weighted by Crippen LogP contribution is -2.30. The summed E-state index contributed by atoms with van der Waals surface area (Å²) in [6, 6.07) is 0. The van der Waals surface area contributed by atoms with Gasteiger partial charge in [0.25, 0.3) is 0 Å². The SMILES string of the molecule is CCCCCC/C=C\CCCCCCCC(=O)OCC(COC(=O)CCCCCCCCCCCCCCCCCCC/C=C\CCCCCCCCCC)OC(=O)CCCCCCCCCCCCCCCCCCC. The van der Waals surface area contributed by atoms with E-state index in [1.165, 1.54) is 289 Å². The van der Waals surface area contributed by atoms with Crippen LogP contribution in [0.4, 0.5) is 0 Å². The van der Waals surface area contributed by atoms with E-state index >= 15 is 0 Å². The molecule has 0 aliphatic heterocycles. The molecule has 0 aromatic heterocycles. The number of unbranched alkanes of at least 4 members (excludes halogenated alkanes) is 50. The van der Waals surface area contributed by atoms with E-state index in [-0.39, 0.29) is 31.1 Å². The van der Waals surface area contributed by atoms with Crippen LogP contribution in [0.1, 0.15) is 393 Å². The summed E-state index contributed by atoms with van der Waals surface area (Å²) in [5.41, 5.74) is 0. The van der Waals surface area contributed by atoms with E-state index in [1.807, 2.05) is 0 Å². The van der Waals surface area contributed by atoms with Gasteiger partial charge in [0.15, 0.2) is 6.10 Å². The average molecular weight is 1080 g/mol. The molecule has 6 nitrogen and oxygen atoms in total. The highest BCUT2D eigenvalue weighted by atomic mass is 16.6. The fourth-order valence-corrected chi connectivity index (χ4v) is 10.7. The first-order valence-corrected chi connectivity index (χ1v) is 34.8. The summed E-state index contributed by atoms with van der Waals surface area (Å²) in [6.07, 6.45) is 80.7. The minimum atomic E-state index is -0.771. The zero-order chi connectivity index (χ0) is 55.7. The summed E-state index contributed by atoms with van der Waals surface area (Å²) in [4.78, 5) is 38.3. The van der Waals surface area contributed by atoms with Crippen molar-refractivity contribution in [1.29, 1.82) is 0 Å². The van der Waals surface area contributed by atoms with Crippen LogP contribution in [-0.2, 0) is 28.6 Å². The van der Waals surface area contributed by atoms with Gasteiger partial charge >= 0.3 is 17.9 Å². The topological polar surface area (TPSA) is 78.9 Å². The molecular formula is C71H134O6. The van der Waals surface area contributed by atoms with Gasteiger partial charge in [-0.05, 0) is 70.6 Å². The fourth-order valence-electron chi connectivity index (χ4n) is 10.7. The quantitative estimate of drug-likeness (QED) is 0.0261. The predicted octanol–water partition coefficient (Wildman–Crippen LogP) is 23.8. The van der Waals surface area contributed by atoms with E-state index in [2.05, 4.69) is 45.1 Å². The highest BCUT2D eigenvalue weighted by Gasteiger charge is 2.19. The molecule has 1 unspecified atom stereocenters. The minimum absolute atomic E-state index is 0.0676. The normalized spacial score (nSPS) is 12.1. The van der Waals surface area contributed by atoms with Crippen LogP contribution in [-0.4, -0.2) is 37.2 Å². The maximum atomic E-state index is 12.9. The van der Waals surface area contributed by atoms with Crippen LogP contribution >= 0.6 is 0 Å². The largest absolute Gasteiger partial charge is 0.462 e. The van der Waals surface area contributed by atoms with Crippen LogP contribution in [0.15, 0.2) is 24.3 Å². The Hall–Kier alpha value is -2.11. The van der Waals surface area contributed by atoms with Crippen molar-refractivity contribution >= 4 is 17.9 Å². The van der Waals surface area contributed by atoms with Gasteiger partial charge in [0.1, 0.15) is 13.2 Å². The number of hydrogen-bond acceptors (Lipinski definition) is 6. The third-order valence-corrected chi connectivity index (χ3v) is 15.9. The van der Waals surface area contributed by atoms with Gasteiger partial charge in [0.05, 0.1) is 0 Å². The van der Waals surface area contributed by atoms with Gasteiger partial charge in [0, 0.05) is 19.3 Å². The summed E-state index contributed by atoms with van der Waals surface area (Å²) in [6.45, 7) is 6.69. The third-order valence-electron chi connectivity index (χ3n) is 15.9. The Morgan fingerprint density at radius 3 is 0.662 bits per heavy atom. The van der Waals surface area contributed by atoms with Crippen LogP contribution in [0.25, 0.3) is 0 Å². The highest BCUT2D eigenvalue weighted by Crippen LogP contribution is 2.18. The smallest absolute Gasteiger partial charge is 0.306 e. The molecule has 0 aromatic carbocycles. The molecule has 0 radical (unpaired) electrons. The first kappa shape index (κ1) is 74.9. The van der Waals surface area contributed by atoms with Crippen LogP contribution in [0.3, 0.4) is 0 Å². The fraction of sp³-hybridized carbons (Fsp3) is 0.901. The minimum Gasteiger partial charge on any atom is -0.462 e. The molecule has 6 heteroatoms. The molecule has 0 bridgehead atoms. The average Bonchev–Trinajstić information content (AvgIpc) is 3.43. The molecule has 0 aromatic rings. The first-order valence-electron chi connectivity index (χ1n) is 34.8. The molecule has 77 heavy (non-hydrogen) atoms. The van der Waals surface area contributed by atoms with Gasteiger partial charge in [-0.15, -0.1) is 0 Å². The van der Waals surface area contributed by atoms with Crippen molar-refractivity contribution in [3.63, 3.8) is 0 Å². The zero-order valence-electron chi connectivity index (χ0n) is 52.3. The van der Waals surface area contributed by atoms with Crippen molar-refractivity contribution in [2.75, 3.05) is 13.2 Å². The number of ether oxygens (including phenoxy) is 3. The van der Waals surface area contributed by atoms with Crippen LogP contribution in [0.2, 0.25) is 0 Å². The van der Waals surface area contributed by atoms with E-state index in [1.54, 1.807) is 0 Å². The van der Waals surface area contributed by atoms with Gasteiger partial charge in [-0.2, -0.15) is 0 Å². The van der Waals surface area contributed by atoms with E-state index in [0.717, 1.165) is 64.2 Å². The van der Waals surface area contributed by atoms with Crippen molar-refractivity contribution in [3.05, 3.63) is 24.3 Å². The van der Waals surface area contributed by atoms with E-state index in [9.17, 15) is 14.4 Å². The predicted molar refractivity (Wildman–Crippen MR) is 335 cm³/mol. The molecule has 0 heterocycles. The maximum absolute atomic E-state index is 12.9. The third kappa shape index (κ3) is 64.6. The Balaban J connectivity index is 4.16. The molecule has 0 rings (SSSR count). The Labute approximate surface area is 481 Å². The zero-order valence-corrected chi connectivity index (χ0v) is 52.3. The number of carbonyl (C=O) groups excluding carboxylic acids is 3. The number of esters is 3. The molecule has 0 aliphatic rings. The molecule has 0 saturated heterocycles. The summed E-state index contributed by atoms with van der Waals surface area (Å²) < 4.78 is 17.0. The summed E-state index contributed by atoms with van der Waals surface area (Å²) >= 11 is 0. The molecule has 0 saturated carbocycles. The van der Waals surface area contributed by atoms with E-state index < -0.39 is 6.10 Å². The molecule has 0 spiro atoms. The summed E-state index contributed by atoms with van der Waals surface area (Å²) in [7, 11) is 0. The lowest BCUT2D eigenvalue weighted by atomic mass is 10.0. The van der Waals surface area contributed by atoms with Gasteiger partial charge in [0.2, 0.25) is 0 Å². The van der Waals surface area contributed by atoms with Gasteiger partial charge in [-0.1, -0.05) is 328 Å². The van der Waals surface area contributed by atoms with Crippen molar-refractivity contribution in [1.82, 2.24) is 0 Å². The second kappa shape index (κ2) is 66.4. The molecule has 0 amide bonds. The monoisotopic (exact) mass is 1080 g/mol. The summed E-state index contributed by atoms with van der Waals surface area (Å²) in [5, 5.41) is 0. The van der Waals surface area contributed by atoms with E-state index in [0.29, 0.717) is 19.3 Å². The summed E-state index contributed by atoms with van der Waals surface area (Å²) in [5.74, 6) is -0.847. The highest BCUT2D eigenvalue weighted by molar-refractivity contribution is 5.71. The molecule has 0 fully saturated rings. The van der Waals surface area contributed by atoms with Gasteiger partial charge < -0.3 is 14.2 Å². The van der Waals surface area contributed by atoms with Crippen molar-refractivity contribution in [3.8, 4) is 0 Å². The number of allylic oxidation sites excluding steroid dienone is 4. The molecule has 454 valence electrons. The van der Waals surface area contributed by atoms with Crippen LogP contribution in [0, 0.1) is 0 Å². The Morgan fingerprint density at radius 2 is 0.429 bits per heavy atom. The number of carbonyl (C=O) groups is 3.